The molecule has 0 saturated heterocycles. The first-order valence-corrected chi connectivity index (χ1v) is 6.91. The first kappa shape index (κ1) is 22.3. The number of carbonyl (C=O) groups is 4. The minimum absolute atomic E-state index is 0.0632. The average molecular weight is 319 g/mol. The predicted octanol–water partition coefficient (Wildman–Crippen LogP) is -1.09. The molecule has 22 heavy (non-hydrogen) atoms. The number of carboxylic acid groups (broad SMARTS) is 2. The standard InChI is InChI=1S/C10H17N3O6.C3H8/c11-7(10(18)19)1-2-12-8(15)5-13(3-4-14)6-9(16)17;1-3-2/h4,7H,1-3,5-6,11H2,(H,12,15)(H,16,17)(H,18,19);3H2,1-2H3. The van der Waals surface area contributed by atoms with Crippen molar-refractivity contribution in [3.05, 3.63) is 0 Å². The quantitative estimate of drug-likeness (QED) is 0.371. The Hall–Kier alpha value is -2.00. The SMILES string of the molecule is CCC.NC(CCNC(=O)CN(CC=O)CC(=O)O)C(=O)O. The van der Waals surface area contributed by atoms with Gasteiger partial charge in [-0.3, -0.25) is 19.3 Å². The summed E-state index contributed by atoms with van der Waals surface area (Å²) < 4.78 is 0. The molecule has 0 fully saturated rings. The molecule has 9 nitrogen and oxygen atoms in total. The van der Waals surface area contributed by atoms with E-state index in [-0.39, 0.29) is 26.1 Å². The summed E-state index contributed by atoms with van der Waals surface area (Å²) in [6, 6.07) is -1.06. The van der Waals surface area contributed by atoms with Gasteiger partial charge in [0.15, 0.2) is 0 Å². The van der Waals surface area contributed by atoms with Crippen molar-refractivity contribution in [1.82, 2.24) is 10.2 Å². The van der Waals surface area contributed by atoms with Crippen LogP contribution in [0.25, 0.3) is 0 Å². The molecule has 1 atom stereocenters. The van der Waals surface area contributed by atoms with Crippen LogP contribution in [0.1, 0.15) is 26.7 Å². The number of nitrogens with one attached hydrogen (secondary N) is 1. The van der Waals surface area contributed by atoms with E-state index in [1.807, 2.05) is 0 Å². The number of rotatable bonds is 10. The molecule has 0 heterocycles. The monoisotopic (exact) mass is 319 g/mol. The van der Waals surface area contributed by atoms with Gasteiger partial charge in [0.25, 0.3) is 0 Å². The van der Waals surface area contributed by atoms with Crippen molar-refractivity contribution in [3.8, 4) is 0 Å². The lowest BCUT2D eigenvalue weighted by molar-refractivity contribution is -0.140. The van der Waals surface area contributed by atoms with E-state index in [0.717, 1.165) is 4.90 Å². The van der Waals surface area contributed by atoms with E-state index in [4.69, 9.17) is 15.9 Å². The van der Waals surface area contributed by atoms with E-state index in [1.54, 1.807) is 0 Å². The Bertz CT molecular complexity index is 362. The smallest absolute Gasteiger partial charge is 0.320 e. The van der Waals surface area contributed by atoms with Crippen molar-refractivity contribution >= 4 is 24.1 Å². The number of hydrogen-bond acceptors (Lipinski definition) is 6. The largest absolute Gasteiger partial charge is 0.480 e. The maximum atomic E-state index is 11.4. The third-order valence-corrected chi connectivity index (χ3v) is 2.15. The van der Waals surface area contributed by atoms with Crippen molar-refractivity contribution < 1.29 is 29.4 Å². The van der Waals surface area contributed by atoms with Crippen LogP contribution in [0.15, 0.2) is 0 Å². The van der Waals surface area contributed by atoms with Gasteiger partial charge in [-0.2, -0.15) is 0 Å². The zero-order valence-corrected chi connectivity index (χ0v) is 12.9. The molecule has 0 aromatic carbocycles. The van der Waals surface area contributed by atoms with E-state index in [9.17, 15) is 19.2 Å². The molecule has 0 aliphatic carbocycles. The predicted molar refractivity (Wildman–Crippen MR) is 79.3 cm³/mol. The van der Waals surface area contributed by atoms with Gasteiger partial charge in [0.05, 0.1) is 19.6 Å². The Morgan fingerprint density at radius 3 is 2.18 bits per heavy atom. The topological polar surface area (TPSA) is 150 Å². The maximum absolute atomic E-state index is 11.4. The Morgan fingerprint density at radius 1 is 1.23 bits per heavy atom. The number of hydrogen-bond donors (Lipinski definition) is 4. The second-order valence-corrected chi connectivity index (χ2v) is 4.52. The molecule has 0 aromatic rings. The second-order valence-electron chi connectivity index (χ2n) is 4.52. The van der Waals surface area contributed by atoms with Gasteiger partial charge in [-0.1, -0.05) is 20.3 Å². The lowest BCUT2D eigenvalue weighted by Crippen LogP contribution is -2.42. The molecule has 0 spiro atoms. The fourth-order valence-corrected chi connectivity index (χ4v) is 1.23. The Labute approximate surface area is 129 Å². The number of nitrogens with zero attached hydrogens (tertiary/aromatic N) is 1. The molecule has 0 aromatic heterocycles. The van der Waals surface area contributed by atoms with Crippen LogP contribution in [0.4, 0.5) is 0 Å². The van der Waals surface area contributed by atoms with E-state index in [1.165, 1.54) is 6.42 Å². The number of carbonyl (C=O) groups excluding carboxylic acids is 2. The van der Waals surface area contributed by atoms with Crippen molar-refractivity contribution in [2.75, 3.05) is 26.2 Å². The van der Waals surface area contributed by atoms with Crippen molar-refractivity contribution in [2.45, 2.75) is 32.7 Å². The Balaban J connectivity index is 0. The van der Waals surface area contributed by atoms with E-state index >= 15 is 0 Å². The van der Waals surface area contributed by atoms with E-state index < -0.39 is 30.4 Å². The highest BCUT2D eigenvalue weighted by molar-refractivity contribution is 5.79. The zero-order chi connectivity index (χ0) is 17.5. The maximum Gasteiger partial charge on any atom is 0.320 e. The van der Waals surface area contributed by atoms with Crippen LogP contribution in [-0.2, 0) is 19.2 Å². The number of carboxylic acids is 2. The zero-order valence-electron chi connectivity index (χ0n) is 12.9. The summed E-state index contributed by atoms with van der Waals surface area (Å²) in [6.45, 7) is 3.46. The summed E-state index contributed by atoms with van der Waals surface area (Å²) in [4.78, 5) is 43.7. The molecule has 0 aliphatic heterocycles. The van der Waals surface area contributed by atoms with Gasteiger partial charge in [-0.25, -0.2) is 0 Å². The van der Waals surface area contributed by atoms with Crippen LogP contribution in [0.5, 0.6) is 0 Å². The van der Waals surface area contributed by atoms with Crippen LogP contribution in [0.2, 0.25) is 0 Å². The molecule has 9 heteroatoms. The van der Waals surface area contributed by atoms with Gasteiger partial charge in [0.1, 0.15) is 12.3 Å². The molecule has 0 aliphatic rings. The van der Waals surface area contributed by atoms with Crippen LogP contribution in [0.3, 0.4) is 0 Å². The highest BCUT2D eigenvalue weighted by Crippen LogP contribution is 1.89. The van der Waals surface area contributed by atoms with Gasteiger partial charge in [-0.05, 0) is 6.42 Å². The fourth-order valence-electron chi connectivity index (χ4n) is 1.23. The molecule has 0 bridgehead atoms. The molecule has 128 valence electrons. The highest BCUT2D eigenvalue weighted by atomic mass is 16.4. The van der Waals surface area contributed by atoms with Crippen LogP contribution in [0, 0.1) is 0 Å². The Morgan fingerprint density at radius 2 is 1.77 bits per heavy atom. The lowest BCUT2D eigenvalue weighted by Gasteiger charge is -2.16. The third kappa shape index (κ3) is 14.4. The normalized spacial score (nSPS) is 11.1. The van der Waals surface area contributed by atoms with Gasteiger partial charge in [-0.15, -0.1) is 0 Å². The second kappa shape index (κ2) is 14.0. The first-order valence-electron chi connectivity index (χ1n) is 6.91. The molecule has 1 unspecified atom stereocenters. The molecule has 0 radical (unpaired) electrons. The molecule has 0 saturated carbocycles. The minimum atomic E-state index is -1.16. The van der Waals surface area contributed by atoms with E-state index in [2.05, 4.69) is 19.2 Å². The lowest BCUT2D eigenvalue weighted by atomic mass is 10.2. The van der Waals surface area contributed by atoms with Crippen LogP contribution >= 0.6 is 0 Å². The Kier molecular flexibility index (Phi) is 14.1. The average Bonchev–Trinajstić information content (AvgIpc) is 2.38. The summed E-state index contributed by atoms with van der Waals surface area (Å²) in [5.41, 5.74) is 5.23. The van der Waals surface area contributed by atoms with Crippen LogP contribution < -0.4 is 11.1 Å². The fraction of sp³-hybridized carbons (Fsp3) is 0.692. The van der Waals surface area contributed by atoms with Crippen LogP contribution in [-0.4, -0.2) is 71.5 Å². The molecular formula is C13H25N3O6. The number of amides is 1. The van der Waals surface area contributed by atoms with Gasteiger partial charge < -0.3 is 26.1 Å². The van der Waals surface area contributed by atoms with Gasteiger partial charge in [0.2, 0.25) is 5.91 Å². The third-order valence-electron chi connectivity index (χ3n) is 2.15. The summed E-state index contributed by atoms with van der Waals surface area (Å²) in [5.74, 6) is -2.81. The first-order chi connectivity index (χ1) is 10.3. The molecule has 1 amide bonds. The number of aldehydes is 1. The van der Waals surface area contributed by atoms with Gasteiger partial charge >= 0.3 is 11.9 Å². The minimum Gasteiger partial charge on any atom is -0.480 e. The summed E-state index contributed by atoms with van der Waals surface area (Å²) in [5, 5.41) is 19.5. The number of nitrogens with two attached hydrogens (primary N) is 1. The molecular weight excluding hydrogens is 294 g/mol. The van der Waals surface area contributed by atoms with E-state index in [0.29, 0.717) is 6.29 Å². The van der Waals surface area contributed by atoms with Gasteiger partial charge in [0, 0.05) is 6.54 Å². The highest BCUT2D eigenvalue weighted by Gasteiger charge is 2.15. The summed E-state index contributed by atoms with van der Waals surface area (Å²) >= 11 is 0. The molecule has 0 rings (SSSR count). The van der Waals surface area contributed by atoms with Crippen molar-refractivity contribution in [2.24, 2.45) is 5.73 Å². The molecule has 5 N–H and O–H groups in total. The number of aliphatic carboxylic acids is 2. The van der Waals surface area contributed by atoms with Crippen molar-refractivity contribution in [3.63, 3.8) is 0 Å². The summed E-state index contributed by atoms with van der Waals surface area (Å²) in [6.07, 6.45) is 1.81. The summed E-state index contributed by atoms with van der Waals surface area (Å²) in [7, 11) is 0. The van der Waals surface area contributed by atoms with Crippen molar-refractivity contribution in [1.29, 1.82) is 0 Å².